The molecule has 1 fully saturated rings. The largest absolute Gasteiger partial charge is 0.468 e. The normalized spacial score (nSPS) is 19.5. The lowest BCUT2D eigenvalue weighted by Crippen LogP contribution is -2.45. The van der Waals surface area contributed by atoms with Crippen molar-refractivity contribution in [2.75, 3.05) is 40.3 Å². The highest BCUT2D eigenvalue weighted by Gasteiger charge is 2.22. The molecule has 1 aromatic rings. The molecule has 1 saturated heterocycles. The van der Waals surface area contributed by atoms with E-state index in [9.17, 15) is 0 Å². The molecule has 1 N–H and O–H groups in total. The second-order valence-electron chi connectivity index (χ2n) is 6.87. The van der Waals surface area contributed by atoms with Crippen molar-refractivity contribution in [2.45, 2.75) is 38.8 Å². The maximum Gasteiger partial charge on any atom is 0.122 e. The van der Waals surface area contributed by atoms with Crippen molar-refractivity contribution < 1.29 is 4.42 Å². The second kappa shape index (κ2) is 7.97. The Morgan fingerprint density at radius 1 is 1.33 bits per heavy atom. The van der Waals surface area contributed by atoms with Crippen LogP contribution in [0.4, 0.5) is 0 Å². The van der Waals surface area contributed by atoms with E-state index in [0.29, 0.717) is 12.1 Å². The van der Waals surface area contributed by atoms with E-state index in [2.05, 4.69) is 49.1 Å². The lowest BCUT2D eigenvalue weighted by atomic mass is 10.0. The number of piperidine rings is 1. The van der Waals surface area contributed by atoms with Gasteiger partial charge in [0.1, 0.15) is 5.76 Å². The molecule has 4 nitrogen and oxygen atoms in total. The number of rotatable bonds is 7. The zero-order valence-corrected chi connectivity index (χ0v) is 14.0. The van der Waals surface area contributed by atoms with Gasteiger partial charge in [-0.25, -0.2) is 0 Å². The number of hydrogen-bond acceptors (Lipinski definition) is 4. The van der Waals surface area contributed by atoms with Gasteiger partial charge in [-0.2, -0.15) is 0 Å². The number of likely N-dealkylation sites (tertiary alicyclic amines) is 1. The van der Waals surface area contributed by atoms with Gasteiger partial charge in [0.2, 0.25) is 0 Å². The molecule has 2 heterocycles. The first-order valence-corrected chi connectivity index (χ1v) is 8.22. The molecule has 1 aromatic heterocycles. The van der Waals surface area contributed by atoms with Crippen molar-refractivity contribution in [3.63, 3.8) is 0 Å². The Morgan fingerprint density at radius 2 is 2.05 bits per heavy atom. The first-order chi connectivity index (χ1) is 10.1. The maximum absolute atomic E-state index is 5.57. The van der Waals surface area contributed by atoms with Crippen LogP contribution in [-0.2, 0) is 0 Å². The van der Waals surface area contributed by atoms with Gasteiger partial charge >= 0.3 is 0 Å². The average Bonchev–Trinajstić information content (AvgIpc) is 2.94. The molecular formula is C17H31N3O. The summed E-state index contributed by atoms with van der Waals surface area (Å²) in [5, 5.41) is 3.74. The van der Waals surface area contributed by atoms with Gasteiger partial charge in [-0.3, -0.25) is 4.90 Å². The Labute approximate surface area is 129 Å². The van der Waals surface area contributed by atoms with Gasteiger partial charge in [0.05, 0.1) is 12.3 Å². The Kier molecular flexibility index (Phi) is 6.27. The molecule has 1 atom stereocenters. The summed E-state index contributed by atoms with van der Waals surface area (Å²) in [5.74, 6) is 1.82. The van der Waals surface area contributed by atoms with E-state index in [4.69, 9.17) is 4.42 Å². The highest BCUT2D eigenvalue weighted by molar-refractivity contribution is 5.05. The predicted molar refractivity (Wildman–Crippen MR) is 87.4 cm³/mol. The fraction of sp³-hybridized carbons (Fsp3) is 0.765. The van der Waals surface area contributed by atoms with Gasteiger partial charge in [0.15, 0.2) is 0 Å². The fourth-order valence-corrected chi connectivity index (χ4v) is 3.13. The Balaban J connectivity index is 1.75. The van der Waals surface area contributed by atoms with Crippen molar-refractivity contribution >= 4 is 0 Å². The summed E-state index contributed by atoms with van der Waals surface area (Å²) >= 11 is 0. The molecule has 0 saturated carbocycles. The smallest absolute Gasteiger partial charge is 0.122 e. The summed E-state index contributed by atoms with van der Waals surface area (Å²) in [4.78, 5) is 4.82. The van der Waals surface area contributed by atoms with E-state index >= 15 is 0 Å². The summed E-state index contributed by atoms with van der Waals surface area (Å²) in [6.07, 6.45) is 4.27. The topological polar surface area (TPSA) is 31.6 Å². The minimum absolute atomic E-state index is 0.314. The summed E-state index contributed by atoms with van der Waals surface area (Å²) in [6, 6.07) is 4.99. The molecule has 0 bridgehead atoms. The lowest BCUT2D eigenvalue weighted by molar-refractivity contribution is 0.170. The van der Waals surface area contributed by atoms with E-state index in [1.54, 1.807) is 6.26 Å². The Bertz CT molecular complexity index is 381. The summed E-state index contributed by atoms with van der Waals surface area (Å²) in [6.45, 7) is 9.24. The van der Waals surface area contributed by atoms with Crippen molar-refractivity contribution in [2.24, 2.45) is 5.92 Å². The van der Waals surface area contributed by atoms with Crippen molar-refractivity contribution in [1.29, 1.82) is 0 Å². The fourth-order valence-electron chi connectivity index (χ4n) is 3.13. The Hall–Kier alpha value is -0.840. The van der Waals surface area contributed by atoms with Crippen LogP contribution < -0.4 is 5.32 Å². The van der Waals surface area contributed by atoms with E-state index in [1.165, 1.54) is 32.5 Å². The minimum atomic E-state index is 0.314. The molecule has 0 aromatic carbocycles. The molecule has 1 aliphatic rings. The van der Waals surface area contributed by atoms with Crippen molar-refractivity contribution in [3.8, 4) is 0 Å². The number of likely N-dealkylation sites (N-methyl/N-ethyl adjacent to an activating group) is 1. The number of nitrogens with one attached hydrogen (secondary N) is 1. The number of furan rings is 1. The second-order valence-corrected chi connectivity index (χ2v) is 6.87. The SMILES string of the molecule is CC(C)CN1CCC(NCC(c2ccco2)N(C)C)CC1. The Morgan fingerprint density at radius 3 is 2.57 bits per heavy atom. The molecular weight excluding hydrogens is 262 g/mol. The van der Waals surface area contributed by atoms with Crippen LogP contribution in [0.5, 0.6) is 0 Å². The zero-order chi connectivity index (χ0) is 15.2. The molecule has 0 spiro atoms. The van der Waals surface area contributed by atoms with Crippen LogP contribution in [0.1, 0.15) is 38.5 Å². The lowest BCUT2D eigenvalue weighted by Gasteiger charge is -2.34. The molecule has 4 heteroatoms. The molecule has 2 rings (SSSR count). The van der Waals surface area contributed by atoms with Crippen LogP contribution in [0.3, 0.4) is 0 Å². The van der Waals surface area contributed by atoms with Crippen LogP contribution >= 0.6 is 0 Å². The maximum atomic E-state index is 5.57. The van der Waals surface area contributed by atoms with Crippen LogP contribution in [0, 0.1) is 5.92 Å². The monoisotopic (exact) mass is 293 g/mol. The van der Waals surface area contributed by atoms with E-state index in [1.807, 2.05) is 6.07 Å². The zero-order valence-electron chi connectivity index (χ0n) is 14.0. The van der Waals surface area contributed by atoms with Crippen molar-refractivity contribution in [1.82, 2.24) is 15.1 Å². The van der Waals surface area contributed by atoms with Crippen LogP contribution in [-0.4, -0.2) is 56.1 Å². The standard InChI is InChI=1S/C17H31N3O/c1-14(2)13-20-9-7-15(8-10-20)18-12-16(19(3)4)17-6-5-11-21-17/h5-6,11,14-16,18H,7-10,12-13H2,1-4H3. The molecule has 0 aliphatic carbocycles. The molecule has 0 amide bonds. The highest BCUT2D eigenvalue weighted by atomic mass is 16.3. The first kappa shape index (κ1) is 16.5. The molecule has 1 unspecified atom stereocenters. The van der Waals surface area contributed by atoms with Crippen LogP contribution in [0.2, 0.25) is 0 Å². The molecule has 120 valence electrons. The van der Waals surface area contributed by atoms with E-state index in [-0.39, 0.29) is 0 Å². The summed E-state index contributed by atoms with van der Waals surface area (Å²) in [7, 11) is 4.22. The minimum Gasteiger partial charge on any atom is -0.468 e. The van der Waals surface area contributed by atoms with E-state index in [0.717, 1.165) is 18.2 Å². The van der Waals surface area contributed by atoms with Crippen molar-refractivity contribution in [3.05, 3.63) is 24.2 Å². The van der Waals surface area contributed by atoms with Crippen LogP contribution in [0.15, 0.2) is 22.8 Å². The summed E-state index contributed by atoms with van der Waals surface area (Å²) in [5.41, 5.74) is 0. The van der Waals surface area contributed by atoms with E-state index < -0.39 is 0 Å². The number of nitrogens with zero attached hydrogens (tertiary/aromatic N) is 2. The third-order valence-electron chi connectivity index (χ3n) is 4.31. The quantitative estimate of drug-likeness (QED) is 0.837. The predicted octanol–water partition coefficient (Wildman–Crippen LogP) is 2.59. The molecule has 1 aliphatic heterocycles. The van der Waals surface area contributed by atoms with Gasteiger partial charge in [0, 0.05) is 19.1 Å². The first-order valence-electron chi connectivity index (χ1n) is 8.22. The third-order valence-corrected chi connectivity index (χ3v) is 4.31. The highest BCUT2D eigenvalue weighted by Crippen LogP contribution is 2.19. The summed E-state index contributed by atoms with van der Waals surface area (Å²) < 4.78 is 5.57. The van der Waals surface area contributed by atoms with Gasteiger partial charge in [-0.05, 0) is 58.1 Å². The molecule has 0 radical (unpaired) electrons. The molecule has 21 heavy (non-hydrogen) atoms. The number of hydrogen-bond donors (Lipinski definition) is 1. The third kappa shape index (κ3) is 5.13. The van der Waals surface area contributed by atoms with Gasteiger partial charge in [0.25, 0.3) is 0 Å². The van der Waals surface area contributed by atoms with Gasteiger partial charge in [-0.15, -0.1) is 0 Å². The average molecular weight is 293 g/mol. The van der Waals surface area contributed by atoms with Gasteiger partial charge < -0.3 is 14.6 Å². The van der Waals surface area contributed by atoms with Gasteiger partial charge in [-0.1, -0.05) is 13.8 Å². The van der Waals surface area contributed by atoms with Crippen LogP contribution in [0.25, 0.3) is 0 Å².